The number of hydrogen-bond acceptors (Lipinski definition) is 4. The fourth-order valence-corrected chi connectivity index (χ4v) is 4.46. The van der Waals surface area contributed by atoms with Gasteiger partial charge in [-0.05, 0) is 38.7 Å². The van der Waals surface area contributed by atoms with Crippen molar-refractivity contribution in [2.45, 2.75) is 50.8 Å². The van der Waals surface area contributed by atoms with Crippen LogP contribution in [0.4, 0.5) is 18.0 Å². The molecule has 2 aromatic rings. The van der Waals surface area contributed by atoms with Gasteiger partial charge in [-0.2, -0.15) is 18.3 Å². The number of alkyl halides is 3. The number of nitrogens with zero attached hydrogens (tertiary/aromatic N) is 4. The first-order valence-electron chi connectivity index (χ1n) is 10.3. The van der Waals surface area contributed by atoms with Gasteiger partial charge in [0.1, 0.15) is 6.10 Å². The van der Waals surface area contributed by atoms with Crippen molar-refractivity contribution in [2.24, 2.45) is 5.92 Å². The number of amides is 2. The van der Waals surface area contributed by atoms with Crippen LogP contribution in [0.3, 0.4) is 0 Å². The molecule has 1 aliphatic heterocycles. The Bertz CT molecular complexity index is 921. The molecule has 7 nitrogen and oxygen atoms in total. The average molecular weight is 425 g/mol. The van der Waals surface area contributed by atoms with E-state index in [4.69, 9.17) is 9.84 Å². The van der Waals surface area contributed by atoms with Crippen LogP contribution >= 0.6 is 0 Å². The smallest absolute Gasteiger partial charge is 0.368 e. The molecule has 3 heterocycles. The molecule has 1 saturated heterocycles. The second-order valence-corrected chi connectivity index (χ2v) is 8.11. The standard InChI is InChI=1S/C20H26F3N5O2/c1-12-9-16(17-11-27(7-8-30-17)19(29)24-2)28-18(25-12)10-15(26-28)13-3-5-14(6-4-13)20(21,22)23/h9-10,13-14,17H,3-8,11H2,1-2H3,(H,24,29)/t13-,14-,17-/m1/s1. The number of nitrogens with one attached hydrogen (secondary N) is 1. The first kappa shape index (κ1) is 20.9. The Morgan fingerprint density at radius 2 is 1.97 bits per heavy atom. The Kier molecular flexibility index (Phi) is 5.61. The summed E-state index contributed by atoms with van der Waals surface area (Å²) >= 11 is 0. The summed E-state index contributed by atoms with van der Waals surface area (Å²) < 4.78 is 46.6. The fraction of sp³-hybridized carbons (Fsp3) is 0.650. The van der Waals surface area contributed by atoms with Gasteiger partial charge in [0.05, 0.1) is 30.5 Å². The number of morpholine rings is 1. The maximum Gasteiger partial charge on any atom is 0.391 e. The van der Waals surface area contributed by atoms with Gasteiger partial charge < -0.3 is 15.0 Å². The van der Waals surface area contributed by atoms with E-state index in [1.807, 2.05) is 19.1 Å². The van der Waals surface area contributed by atoms with Gasteiger partial charge in [-0.25, -0.2) is 14.3 Å². The quantitative estimate of drug-likeness (QED) is 0.798. The van der Waals surface area contributed by atoms with Crippen molar-refractivity contribution in [3.05, 3.63) is 29.2 Å². The molecule has 2 aromatic heterocycles. The zero-order chi connectivity index (χ0) is 21.5. The highest BCUT2D eigenvalue weighted by Gasteiger charge is 2.42. The first-order valence-corrected chi connectivity index (χ1v) is 10.3. The summed E-state index contributed by atoms with van der Waals surface area (Å²) in [5.41, 5.74) is 3.01. The predicted molar refractivity (Wildman–Crippen MR) is 103 cm³/mol. The van der Waals surface area contributed by atoms with Gasteiger partial charge in [-0.3, -0.25) is 0 Å². The second-order valence-electron chi connectivity index (χ2n) is 8.11. The van der Waals surface area contributed by atoms with Crippen LogP contribution in [-0.2, 0) is 4.74 Å². The van der Waals surface area contributed by atoms with E-state index >= 15 is 0 Å². The van der Waals surface area contributed by atoms with Crippen molar-refractivity contribution in [1.82, 2.24) is 24.8 Å². The second kappa shape index (κ2) is 8.05. The van der Waals surface area contributed by atoms with Crippen molar-refractivity contribution < 1.29 is 22.7 Å². The number of carbonyl (C=O) groups is 1. The van der Waals surface area contributed by atoms with Gasteiger partial charge >= 0.3 is 12.2 Å². The minimum absolute atomic E-state index is 0.00639. The first-order chi connectivity index (χ1) is 14.3. The molecule has 1 N–H and O–H groups in total. The van der Waals surface area contributed by atoms with Gasteiger partial charge in [0, 0.05) is 31.3 Å². The molecule has 1 atom stereocenters. The highest BCUT2D eigenvalue weighted by molar-refractivity contribution is 5.73. The molecule has 0 unspecified atom stereocenters. The van der Waals surface area contributed by atoms with E-state index in [2.05, 4.69) is 10.3 Å². The van der Waals surface area contributed by atoms with Crippen molar-refractivity contribution >= 4 is 11.7 Å². The van der Waals surface area contributed by atoms with Crippen molar-refractivity contribution in [1.29, 1.82) is 0 Å². The molecular weight excluding hydrogens is 399 g/mol. The summed E-state index contributed by atoms with van der Waals surface area (Å²) in [6.45, 7) is 3.20. The Balaban J connectivity index is 1.59. The van der Waals surface area contributed by atoms with Gasteiger partial charge in [-0.1, -0.05) is 0 Å². The normalized spacial score (nSPS) is 25.5. The molecular formula is C20H26F3N5O2. The van der Waals surface area contributed by atoms with Crippen LogP contribution in [0.5, 0.6) is 0 Å². The highest BCUT2D eigenvalue weighted by Crippen LogP contribution is 2.42. The van der Waals surface area contributed by atoms with Crippen LogP contribution in [0, 0.1) is 12.8 Å². The van der Waals surface area contributed by atoms with E-state index in [-0.39, 0.29) is 30.9 Å². The number of halogens is 3. The van der Waals surface area contributed by atoms with E-state index in [1.165, 1.54) is 0 Å². The molecule has 0 radical (unpaired) electrons. The topological polar surface area (TPSA) is 71.8 Å². The lowest BCUT2D eigenvalue weighted by Crippen LogP contribution is -2.46. The summed E-state index contributed by atoms with van der Waals surface area (Å²) in [7, 11) is 1.59. The van der Waals surface area contributed by atoms with Crippen molar-refractivity contribution in [3.63, 3.8) is 0 Å². The van der Waals surface area contributed by atoms with Crippen LogP contribution in [0.2, 0.25) is 0 Å². The third kappa shape index (κ3) is 4.10. The molecule has 2 fully saturated rings. The summed E-state index contributed by atoms with van der Waals surface area (Å²) in [5, 5.41) is 7.34. The highest BCUT2D eigenvalue weighted by atomic mass is 19.4. The lowest BCUT2D eigenvalue weighted by molar-refractivity contribution is -0.182. The van der Waals surface area contributed by atoms with Gasteiger partial charge in [-0.15, -0.1) is 0 Å². The largest absolute Gasteiger partial charge is 0.391 e. The molecule has 30 heavy (non-hydrogen) atoms. The van der Waals surface area contributed by atoms with Gasteiger partial charge in [0.2, 0.25) is 0 Å². The molecule has 0 aromatic carbocycles. The van der Waals surface area contributed by atoms with Gasteiger partial charge in [0.25, 0.3) is 0 Å². The predicted octanol–water partition coefficient (Wildman–Crippen LogP) is 3.59. The Morgan fingerprint density at radius 1 is 1.23 bits per heavy atom. The Morgan fingerprint density at radius 3 is 2.63 bits per heavy atom. The fourth-order valence-electron chi connectivity index (χ4n) is 4.46. The van der Waals surface area contributed by atoms with Crippen molar-refractivity contribution in [2.75, 3.05) is 26.7 Å². The zero-order valence-electron chi connectivity index (χ0n) is 17.1. The molecule has 2 aliphatic rings. The molecule has 4 rings (SSSR count). The van der Waals surface area contributed by atoms with Crippen LogP contribution in [0.15, 0.2) is 12.1 Å². The lowest BCUT2D eigenvalue weighted by atomic mass is 9.80. The third-order valence-electron chi connectivity index (χ3n) is 6.11. The zero-order valence-corrected chi connectivity index (χ0v) is 17.1. The number of urea groups is 1. The average Bonchev–Trinajstić information content (AvgIpc) is 3.16. The van der Waals surface area contributed by atoms with Crippen LogP contribution in [0.25, 0.3) is 5.65 Å². The van der Waals surface area contributed by atoms with E-state index in [9.17, 15) is 18.0 Å². The molecule has 2 amide bonds. The number of aromatic nitrogens is 3. The van der Waals surface area contributed by atoms with Crippen molar-refractivity contribution in [3.8, 4) is 0 Å². The van der Waals surface area contributed by atoms with E-state index in [0.717, 1.165) is 17.1 Å². The summed E-state index contributed by atoms with van der Waals surface area (Å²) in [6, 6.07) is 3.60. The number of fused-ring (bicyclic) bond motifs is 1. The van der Waals surface area contributed by atoms with E-state index in [0.29, 0.717) is 38.2 Å². The molecule has 164 valence electrons. The number of ether oxygens (including phenoxy) is 1. The summed E-state index contributed by atoms with van der Waals surface area (Å²) in [6.07, 6.45) is -3.28. The minimum Gasteiger partial charge on any atom is -0.368 e. The number of carbonyl (C=O) groups excluding carboxylic acids is 1. The molecule has 0 bridgehead atoms. The van der Waals surface area contributed by atoms with Crippen LogP contribution in [0.1, 0.15) is 54.8 Å². The van der Waals surface area contributed by atoms with Gasteiger partial charge in [0.15, 0.2) is 5.65 Å². The molecule has 10 heteroatoms. The Labute approximate surface area is 172 Å². The molecule has 0 spiro atoms. The Hall–Kier alpha value is -2.36. The number of rotatable bonds is 2. The molecule has 1 saturated carbocycles. The monoisotopic (exact) mass is 425 g/mol. The maximum atomic E-state index is 13.0. The number of aryl methyl sites for hydroxylation is 1. The van der Waals surface area contributed by atoms with E-state index < -0.39 is 12.1 Å². The summed E-state index contributed by atoms with van der Waals surface area (Å²) in [4.78, 5) is 18.3. The van der Waals surface area contributed by atoms with Crippen LogP contribution in [-0.4, -0.2) is 58.4 Å². The number of hydrogen-bond donors (Lipinski definition) is 1. The summed E-state index contributed by atoms with van der Waals surface area (Å²) in [5.74, 6) is -1.22. The molecule has 1 aliphatic carbocycles. The SMILES string of the molecule is CNC(=O)N1CCO[C@@H](c2cc(C)nc3cc([C@H]4CC[C@H](C(F)(F)F)CC4)nn23)C1. The third-order valence-corrected chi connectivity index (χ3v) is 6.11. The minimum atomic E-state index is -4.12. The lowest BCUT2D eigenvalue weighted by Gasteiger charge is -2.32. The maximum absolute atomic E-state index is 13.0. The van der Waals surface area contributed by atoms with E-state index in [1.54, 1.807) is 16.5 Å². The van der Waals surface area contributed by atoms with Crippen LogP contribution < -0.4 is 5.32 Å².